The molecule has 6 nitrogen and oxygen atoms in total. The van der Waals surface area contributed by atoms with Crippen molar-refractivity contribution in [2.45, 2.75) is 19.4 Å². The van der Waals surface area contributed by atoms with Crippen molar-refractivity contribution in [1.82, 2.24) is 9.97 Å². The summed E-state index contributed by atoms with van der Waals surface area (Å²) in [6.07, 6.45) is 0.365. The van der Waals surface area contributed by atoms with E-state index in [1.54, 1.807) is 25.1 Å². The molecule has 1 unspecified atom stereocenters. The molecular formula is C15H15N3O3. The maximum Gasteiger partial charge on any atom is 0.338 e. The number of nitrogens with two attached hydrogens (primary N) is 1. The van der Waals surface area contributed by atoms with E-state index in [9.17, 15) is 14.7 Å². The number of aromatic nitrogens is 2. The van der Waals surface area contributed by atoms with Gasteiger partial charge in [0, 0.05) is 34.4 Å². The lowest BCUT2D eigenvalue weighted by Gasteiger charge is -2.04. The van der Waals surface area contributed by atoms with Crippen LogP contribution in [0.5, 0.6) is 0 Å². The van der Waals surface area contributed by atoms with Crippen LogP contribution < -0.4 is 11.3 Å². The number of aromatic carboxylic acids is 1. The van der Waals surface area contributed by atoms with Crippen LogP contribution in [0.15, 0.2) is 29.1 Å². The number of aromatic amines is 2. The molecule has 0 fully saturated rings. The molecule has 2 heterocycles. The van der Waals surface area contributed by atoms with Crippen LogP contribution in [0.3, 0.4) is 0 Å². The van der Waals surface area contributed by atoms with E-state index in [0.29, 0.717) is 28.4 Å². The first kappa shape index (κ1) is 13.4. The highest BCUT2D eigenvalue weighted by Gasteiger charge is 2.22. The third-order valence-electron chi connectivity index (χ3n) is 3.49. The summed E-state index contributed by atoms with van der Waals surface area (Å²) in [5.74, 6) is -1.06. The molecule has 2 aromatic heterocycles. The molecular weight excluding hydrogens is 270 g/mol. The molecule has 0 radical (unpaired) electrons. The standard InChI is InChI=1S/C15H15N3O3/c1-7(16)6-10-12(15(20)21)11-8-4-2-3-5-9(8)18-14(19)13(11)17-10/h2-5,7,17H,6,16H2,1H3,(H,18,19)(H,20,21). The van der Waals surface area contributed by atoms with Crippen molar-refractivity contribution in [3.63, 3.8) is 0 Å². The molecule has 0 bridgehead atoms. The smallest absolute Gasteiger partial charge is 0.338 e. The van der Waals surface area contributed by atoms with Crippen LogP contribution in [-0.2, 0) is 6.42 Å². The molecule has 3 rings (SSSR count). The second-order valence-corrected chi connectivity index (χ2v) is 5.21. The van der Waals surface area contributed by atoms with E-state index in [4.69, 9.17) is 5.73 Å². The Balaban J connectivity index is 2.50. The van der Waals surface area contributed by atoms with E-state index >= 15 is 0 Å². The number of hydrogen-bond donors (Lipinski definition) is 4. The second kappa shape index (κ2) is 4.75. The molecule has 0 saturated carbocycles. The SMILES string of the molecule is CC(N)Cc1[nH]c2c(=O)[nH]c3ccccc3c2c1C(=O)O. The molecule has 0 aliphatic carbocycles. The average molecular weight is 285 g/mol. The molecule has 0 aliphatic rings. The third-order valence-corrected chi connectivity index (χ3v) is 3.49. The molecule has 0 spiro atoms. The lowest BCUT2D eigenvalue weighted by Crippen LogP contribution is -2.19. The van der Waals surface area contributed by atoms with Crippen LogP contribution in [0.25, 0.3) is 21.8 Å². The number of pyridine rings is 1. The number of nitrogens with one attached hydrogen (secondary N) is 2. The van der Waals surface area contributed by atoms with E-state index in [0.717, 1.165) is 0 Å². The molecule has 6 heteroatoms. The zero-order valence-corrected chi connectivity index (χ0v) is 11.4. The van der Waals surface area contributed by atoms with E-state index in [1.807, 2.05) is 6.07 Å². The Bertz CT molecular complexity index is 906. The normalized spacial score (nSPS) is 12.9. The van der Waals surface area contributed by atoms with Crippen molar-refractivity contribution in [3.8, 4) is 0 Å². The third kappa shape index (κ3) is 2.09. The van der Waals surface area contributed by atoms with Gasteiger partial charge in [0.2, 0.25) is 0 Å². The van der Waals surface area contributed by atoms with Crippen LogP contribution in [-0.4, -0.2) is 27.1 Å². The van der Waals surface area contributed by atoms with Crippen molar-refractivity contribution in [3.05, 3.63) is 45.9 Å². The number of carboxylic acids is 1. The molecule has 21 heavy (non-hydrogen) atoms. The molecule has 5 N–H and O–H groups in total. The highest BCUT2D eigenvalue weighted by molar-refractivity contribution is 6.15. The quantitative estimate of drug-likeness (QED) is 0.585. The maximum atomic E-state index is 12.2. The Morgan fingerprint density at radius 2 is 2.05 bits per heavy atom. The number of fused-ring (bicyclic) bond motifs is 3. The van der Waals surface area contributed by atoms with Gasteiger partial charge in [0.25, 0.3) is 5.56 Å². The van der Waals surface area contributed by atoms with E-state index in [2.05, 4.69) is 9.97 Å². The number of benzene rings is 1. The van der Waals surface area contributed by atoms with E-state index in [-0.39, 0.29) is 22.7 Å². The van der Waals surface area contributed by atoms with Gasteiger partial charge >= 0.3 is 5.97 Å². The Morgan fingerprint density at radius 1 is 1.33 bits per heavy atom. The van der Waals surface area contributed by atoms with Gasteiger partial charge in [-0.25, -0.2) is 4.79 Å². The first-order valence-corrected chi connectivity index (χ1v) is 6.63. The topological polar surface area (TPSA) is 112 Å². The summed E-state index contributed by atoms with van der Waals surface area (Å²) in [5.41, 5.74) is 6.94. The number of rotatable bonds is 3. The summed E-state index contributed by atoms with van der Waals surface area (Å²) in [7, 11) is 0. The van der Waals surface area contributed by atoms with Gasteiger partial charge in [-0.05, 0) is 13.0 Å². The summed E-state index contributed by atoms with van der Waals surface area (Å²) in [6.45, 7) is 1.79. The molecule has 1 atom stereocenters. The lowest BCUT2D eigenvalue weighted by molar-refractivity contribution is 0.0698. The monoisotopic (exact) mass is 285 g/mol. The number of hydrogen-bond acceptors (Lipinski definition) is 3. The largest absolute Gasteiger partial charge is 0.478 e. The first-order chi connectivity index (χ1) is 9.99. The van der Waals surface area contributed by atoms with Crippen molar-refractivity contribution in [2.24, 2.45) is 5.73 Å². The van der Waals surface area contributed by atoms with Gasteiger partial charge in [-0.2, -0.15) is 0 Å². The van der Waals surface area contributed by atoms with Crippen molar-refractivity contribution < 1.29 is 9.90 Å². The van der Waals surface area contributed by atoms with Crippen LogP contribution in [0.2, 0.25) is 0 Å². The fraction of sp³-hybridized carbons (Fsp3) is 0.200. The molecule has 0 saturated heterocycles. The maximum absolute atomic E-state index is 12.2. The van der Waals surface area contributed by atoms with Crippen molar-refractivity contribution in [2.75, 3.05) is 0 Å². The molecule has 3 aromatic rings. The number of carboxylic acid groups (broad SMARTS) is 1. The molecule has 0 aliphatic heterocycles. The zero-order chi connectivity index (χ0) is 15.1. The van der Waals surface area contributed by atoms with Crippen LogP contribution >= 0.6 is 0 Å². The Morgan fingerprint density at radius 3 is 2.71 bits per heavy atom. The van der Waals surface area contributed by atoms with Gasteiger partial charge in [-0.3, -0.25) is 4.79 Å². The van der Waals surface area contributed by atoms with Gasteiger partial charge in [-0.1, -0.05) is 18.2 Å². The molecule has 0 amide bonds. The fourth-order valence-corrected chi connectivity index (χ4v) is 2.70. The predicted molar refractivity (Wildman–Crippen MR) is 80.7 cm³/mol. The minimum atomic E-state index is -1.06. The Hall–Kier alpha value is -2.60. The highest BCUT2D eigenvalue weighted by Crippen LogP contribution is 2.27. The summed E-state index contributed by atoms with van der Waals surface area (Å²) < 4.78 is 0. The lowest BCUT2D eigenvalue weighted by atomic mass is 10.0. The minimum Gasteiger partial charge on any atom is -0.478 e. The Kier molecular flexibility index (Phi) is 3.03. The Labute approximate surface area is 119 Å². The van der Waals surface area contributed by atoms with E-state index in [1.165, 1.54) is 0 Å². The number of para-hydroxylation sites is 1. The predicted octanol–water partition coefficient (Wildman–Crippen LogP) is 1.60. The van der Waals surface area contributed by atoms with Gasteiger partial charge in [0.05, 0.1) is 5.56 Å². The van der Waals surface area contributed by atoms with Crippen LogP contribution in [0.1, 0.15) is 23.0 Å². The first-order valence-electron chi connectivity index (χ1n) is 6.63. The number of H-pyrrole nitrogens is 2. The van der Waals surface area contributed by atoms with E-state index < -0.39 is 5.97 Å². The minimum absolute atomic E-state index is 0.129. The average Bonchev–Trinajstić information content (AvgIpc) is 2.78. The van der Waals surface area contributed by atoms with Gasteiger partial charge in [0.15, 0.2) is 0 Å². The van der Waals surface area contributed by atoms with Crippen molar-refractivity contribution in [1.29, 1.82) is 0 Å². The fourth-order valence-electron chi connectivity index (χ4n) is 2.70. The molecule has 108 valence electrons. The van der Waals surface area contributed by atoms with Crippen LogP contribution in [0, 0.1) is 0 Å². The summed E-state index contributed by atoms with van der Waals surface area (Å²) in [4.78, 5) is 29.5. The van der Waals surface area contributed by atoms with Gasteiger partial charge in [-0.15, -0.1) is 0 Å². The number of carbonyl (C=O) groups is 1. The van der Waals surface area contributed by atoms with Crippen molar-refractivity contribution >= 4 is 27.8 Å². The molecule has 1 aromatic carbocycles. The highest BCUT2D eigenvalue weighted by atomic mass is 16.4. The van der Waals surface area contributed by atoms with Gasteiger partial charge in [0.1, 0.15) is 5.52 Å². The summed E-state index contributed by atoms with van der Waals surface area (Å²) >= 11 is 0. The van der Waals surface area contributed by atoms with Crippen LogP contribution in [0.4, 0.5) is 0 Å². The summed E-state index contributed by atoms with van der Waals surface area (Å²) in [5, 5.41) is 10.7. The van der Waals surface area contributed by atoms with Gasteiger partial charge < -0.3 is 20.8 Å². The zero-order valence-electron chi connectivity index (χ0n) is 11.4. The second-order valence-electron chi connectivity index (χ2n) is 5.21. The summed E-state index contributed by atoms with van der Waals surface area (Å²) in [6, 6.07) is 6.94.